The molecule has 1 amide bonds. The van der Waals surface area contributed by atoms with Gasteiger partial charge in [-0.25, -0.2) is 4.79 Å². The molecule has 0 atom stereocenters. The van der Waals surface area contributed by atoms with Crippen LogP contribution in [0.3, 0.4) is 0 Å². The summed E-state index contributed by atoms with van der Waals surface area (Å²) in [5.74, 6) is 0. The number of nitrogens with one attached hydrogen (secondary N) is 1. The Morgan fingerprint density at radius 2 is 0.962 bits per heavy atom. The van der Waals surface area contributed by atoms with Crippen molar-refractivity contribution in [2.24, 2.45) is 0 Å². The molecule has 0 aliphatic heterocycles. The highest BCUT2D eigenvalue weighted by atomic mass is 16.4. The molecule has 0 aromatic carbocycles. The van der Waals surface area contributed by atoms with Crippen LogP contribution < -0.4 is 5.32 Å². The van der Waals surface area contributed by atoms with Crippen LogP contribution >= 0.6 is 0 Å². The van der Waals surface area contributed by atoms with E-state index in [1.54, 1.807) is 0 Å². The van der Waals surface area contributed by atoms with Crippen molar-refractivity contribution < 1.29 is 9.90 Å². The lowest BCUT2D eigenvalue weighted by atomic mass is 9.88. The third-order valence-electron chi connectivity index (χ3n) is 5.57. The van der Waals surface area contributed by atoms with Crippen LogP contribution in [0.4, 0.5) is 4.79 Å². The third-order valence-corrected chi connectivity index (χ3v) is 5.57. The average Bonchev–Trinajstić information content (AvgIpc) is 2.59. The Bertz CT molecular complexity index is 297. The normalized spacial score (nSPS) is 11.7. The van der Waals surface area contributed by atoms with E-state index in [1.807, 2.05) is 0 Å². The Hall–Kier alpha value is -0.730. The summed E-state index contributed by atoms with van der Waals surface area (Å²) in [6.45, 7) is 6.61. The van der Waals surface area contributed by atoms with Crippen LogP contribution in [0.25, 0.3) is 0 Å². The zero-order valence-corrected chi connectivity index (χ0v) is 18.1. The van der Waals surface area contributed by atoms with Crippen molar-refractivity contribution in [3.05, 3.63) is 0 Å². The molecule has 0 aliphatic rings. The number of amides is 1. The van der Waals surface area contributed by atoms with Gasteiger partial charge in [0.25, 0.3) is 0 Å². The van der Waals surface area contributed by atoms with Gasteiger partial charge in [-0.15, -0.1) is 0 Å². The van der Waals surface area contributed by atoms with E-state index in [0.717, 1.165) is 25.7 Å². The standard InChI is InChI=1S/C23H47NO2/c1-4-6-8-10-12-14-16-18-20-23(3,24-22(25)26)21-19-17-15-13-11-9-7-5-2/h24H,4-21H2,1-3H3,(H,25,26). The Labute approximate surface area is 163 Å². The second-order valence-electron chi connectivity index (χ2n) is 8.44. The topological polar surface area (TPSA) is 49.3 Å². The SMILES string of the molecule is CCCCCCCCCCC(C)(CCCCCCCCCC)NC(=O)O. The fourth-order valence-electron chi connectivity index (χ4n) is 3.81. The molecule has 2 N–H and O–H groups in total. The van der Waals surface area contributed by atoms with Gasteiger partial charge in [-0.1, -0.05) is 117 Å². The van der Waals surface area contributed by atoms with E-state index < -0.39 is 6.09 Å². The third kappa shape index (κ3) is 16.7. The monoisotopic (exact) mass is 369 g/mol. The van der Waals surface area contributed by atoms with Gasteiger partial charge >= 0.3 is 6.09 Å². The summed E-state index contributed by atoms with van der Waals surface area (Å²) in [4.78, 5) is 11.2. The maximum atomic E-state index is 11.2. The van der Waals surface area contributed by atoms with Gasteiger partial charge in [-0.05, 0) is 19.8 Å². The Kier molecular flexibility index (Phi) is 17.2. The summed E-state index contributed by atoms with van der Waals surface area (Å²) in [7, 11) is 0. The molecular formula is C23H47NO2. The second kappa shape index (κ2) is 17.7. The summed E-state index contributed by atoms with van der Waals surface area (Å²) < 4.78 is 0. The number of carbonyl (C=O) groups is 1. The first-order chi connectivity index (χ1) is 12.5. The Balaban J connectivity index is 3.84. The van der Waals surface area contributed by atoms with Crippen LogP contribution in [0.5, 0.6) is 0 Å². The summed E-state index contributed by atoms with van der Waals surface area (Å²) in [5.41, 5.74) is -0.240. The van der Waals surface area contributed by atoms with Crippen LogP contribution in [0.2, 0.25) is 0 Å². The first kappa shape index (κ1) is 25.3. The van der Waals surface area contributed by atoms with E-state index in [-0.39, 0.29) is 5.54 Å². The summed E-state index contributed by atoms with van der Waals surface area (Å²) in [6.07, 6.45) is 21.9. The van der Waals surface area contributed by atoms with Gasteiger partial charge in [0.05, 0.1) is 0 Å². The lowest BCUT2D eigenvalue weighted by Gasteiger charge is -2.30. The van der Waals surface area contributed by atoms with Gasteiger partial charge in [0, 0.05) is 5.54 Å². The quantitative estimate of drug-likeness (QED) is 0.226. The average molecular weight is 370 g/mol. The van der Waals surface area contributed by atoms with Crippen LogP contribution in [0.1, 0.15) is 136 Å². The molecule has 0 saturated carbocycles. The second-order valence-corrected chi connectivity index (χ2v) is 8.44. The minimum absolute atomic E-state index is 0.240. The van der Waals surface area contributed by atoms with Crippen molar-refractivity contribution in [1.29, 1.82) is 0 Å². The lowest BCUT2D eigenvalue weighted by Crippen LogP contribution is -2.45. The highest BCUT2D eigenvalue weighted by Crippen LogP contribution is 2.23. The molecule has 0 aromatic heterocycles. The lowest BCUT2D eigenvalue weighted by molar-refractivity contribution is 0.173. The van der Waals surface area contributed by atoms with E-state index in [9.17, 15) is 9.90 Å². The summed E-state index contributed by atoms with van der Waals surface area (Å²) in [6, 6.07) is 0. The number of unbranched alkanes of at least 4 members (excludes halogenated alkanes) is 14. The highest BCUT2D eigenvalue weighted by Gasteiger charge is 2.25. The van der Waals surface area contributed by atoms with Crippen molar-refractivity contribution >= 4 is 6.09 Å². The van der Waals surface area contributed by atoms with Gasteiger partial charge in [-0.3, -0.25) is 0 Å². The van der Waals surface area contributed by atoms with E-state index in [0.29, 0.717) is 0 Å². The van der Waals surface area contributed by atoms with Gasteiger partial charge in [0.1, 0.15) is 0 Å². The zero-order valence-electron chi connectivity index (χ0n) is 18.1. The molecule has 0 saturated heterocycles. The molecule has 26 heavy (non-hydrogen) atoms. The molecule has 0 bridgehead atoms. The predicted octanol–water partition coefficient (Wildman–Crippen LogP) is 8.07. The molecular weight excluding hydrogens is 322 g/mol. The van der Waals surface area contributed by atoms with Gasteiger partial charge < -0.3 is 10.4 Å². The van der Waals surface area contributed by atoms with Crippen molar-refractivity contribution in [1.82, 2.24) is 5.32 Å². The Morgan fingerprint density at radius 1 is 0.654 bits per heavy atom. The van der Waals surface area contributed by atoms with Crippen molar-refractivity contribution in [2.75, 3.05) is 0 Å². The first-order valence-electron chi connectivity index (χ1n) is 11.5. The predicted molar refractivity (Wildman–Crippen MR) is 114 cm³/mol. The Morgan fingerprint density at radius 3 is 1.27 bits per heavy atom. The fourth-order valence-corrected chi connectivity index (χ4v) is 3.81. The fraction of sp³-hybridized carbons (Fsp3) is 0.957. The number of hydrogen-bond donors (Lipinski definition) is 2. The zero-order chi connectivity index (χ0) is 19.5. The van der Waals surface area contributed by atoms with Crippen LogP contribution in [-0.2, 0) is 0 Å². The molecule has 0 heterocycles. The van der Waals surface area contributed by atoms with Crippen molar-refractivity contribution in [3.63, 3.8) is 0 Å². The van der Waals surface area contributed by atoms with Gasteiger partial charge in [0.15, 0.2) is 0 Å². The maximum Gasteiger partial charge on any atom is 0.405 e. The van der Waals surface area contributed by atoms with Crippen LogP contribution in [-0.4, -0.2) is 16.7 Å². The molecule has 0 aromatic rings. The van der Waals surface area contributed by atoms with Crippen molar-refractivity contribution in [2.45, 2.75) is 142 Å². The van der Waals surface area contributed by atoms with Crippen LogP contribution in [0, 0.1) is 0 Å². The summed E-state index contributed by atoms with van der Waals surface area (Å²) in [5, 5.41) is 12.0. The van der Waals surface area contributed by atoms with E-state index >= 15 is 0 Å². The maximum absolute atomic E-state index is 11.2. The van der Waals surface area contributed by atoms with Gasteiger partial charge in [-0.2, -0.15) is 0 Å². The molecule has 0 spiro atoms. The first-order valence-corrected chi connectivity index (χ1v) is 11.5. The smallest absolute Gasteiger partial charge is 0.405 e. The number of carboxylic acid groups (broad SMARTS) is 1. The van der Waals surface area contributed by atoms with Gasteiger partial charge in [0.2, 0.25) is 0 Å². The molecule has 0 unspecified atom stereocenters. The minimum atomic E-state index is -0.869. The number of hydrogen-bond acceptors (Lipinski definition) is 1. The molecule has 156 valence electrons. The van der Waals surface area contributed by atoms with E-state index in [4.69, 9.17) is 0 Å². The van der Waals surface area contributed by atoms with E-state index in [1.165, 1.54) is 89.9 Å². The largest absolute Gasteiger partial charge is 0.465 e. The molecule has 0 aliphatic carbocycles. The van der Waals surface area contributed by atoms with Crippen LogP contribution in [0.15, 0.2) is 0 Å². The number of rotatable bonds is 19. The molecule has 0 rings (SSSR count). The molecule has 0 fully saturated rings. The molecule has 0 radical (unpaired) electrons. The minimum Gasteiger partial charge on any atom is -0.465 e. The van der Waals surface area contributed by atoms with Crippen molar-refractivity contribution in [3.8, 4) is 0 Å². The highest BCUT2D eigenvalue weighted by molar-refractivity contribution is 5.65. The van der Waals surface area contributed by atoms with E-state index in [2.05, 4.69) is 26.1 Å². The summed E-state index contributed by atoms with van der Waals surface area (Å²) >= 11 is 0. The molecule has 3 heteroatoms. The molecule has 3 nitrogen and oxygen atoms in total.